The zero-order chi connectivity index (χ0) is 22.2. The van der Waals surface area contributed by atoms with Gasteiger partial charge < -0.3 is 25.2 Å². The van der Waals surface area contributed by atoms with Crippen molar-refractivity contribution in [1.82, 2.24) is 10.6 Å². The molecule has 1 aromatic rings. The van der Waals surface area contributed by atoms with Gasteiger partial charge in [-0.05, 0) is 51.3 Å². The third-order valence-electron chi connectivity index (χ3n) is 3.89. The van der Waals surface area contributed by atoms with Crippen LogP contribution in [0.2, 0.25) is 0 Å². The Bertz CT molecular complexity index is 694. The van der Waals surface area contributed by atoms with E-state index in [-0.39, 0.29) is 24.7 Å². The number of hydrogen-bond donors (Lipinski definition) is 3. The quantitative estimate of drug-likeness (QED) is 0.570. The lowest BCUT2D eigenvalue weighted by atomic mass is 10.0. The largest absolute Gasteiger partial charge is 0.508 e. The number of phenols is 1. The number of carbonyl (C=O) groups is 3. The number of ether oxygens (including phenoxy) is 2. The number of aromatic hydroxyl groups is 1. The van der Waals surface area contributed by atoms with Crippen LogP contribution in [0.5, 0.6) is 5.75 Å². The van der Waals surface area contributed by atoms with Gasteiger partial charge in [-0.2, -0.15) is 0 Å². The van der Waals surface area contributed by atoms with E-state index in [4.69, 9.17) is 9.47 Å². The average molecular weight is 408 g/mol. The van der Waals surface area contributed by atoms with E-state index in [0.29, 0.717) is 0 Å². The molecule has 0 aliphatic heterocycles. The van der Waals surface area contributed by atoms with Gasteiger partial charge in [-0.15, -0.1) is 0 Å². The second kappa shape index (κ2) is 10.7. The number of nitrogens with one attached hydrogen (secondary N) is 2. The summed E-state index contributed by atoms with van der Waals surface area (Å²) in [5, 5.41) is 14.6. The van der Waals surface area contributed by atoms with Gasteiger partial charge in [0.2, 0.25) is 5.91 Å². The normalized spacial score (nSPS) is 13.3. The standard InChI is InChI=1S/C21H32N2O6/c1-7-28-19(26)16(12-14-8-10-15(24)11-9-14)22-18(25)17(13(2)3)23-20(27)29-21(4,5)6/h8-11,13,16-17,24H,7,12H2,1-6H3,(H,22,25)(H,23,27)/t16-,17-/m0/s1. The molecule has 0 fully saturated rings. The molecule has 1 rings (SSSR count). The minimum atomic E-state index is -0.936. The minimum Gasteiger partial charge on any atom is -0.508 e. The first-order valence-electron chi connectivity index (χ1n) is 9.67. The van der Waals surface area contributed by atoms with Crippen LogP contribution in [-0.2, 0) is 25.5 Å². The third-order valence-corrected chi connectivity index (χ3v) is 3.89. The van der Waals surface area contributed by atoms with Gasteiger partial charge in [-0.1, -0.05) is 26.0 Å². The molecule has 8 heteroatoms. The highest BCUT2D eigenvalue weighted by atomic mass is 16.6. The van der Waals surface area contributed by atoms with Crippen molar-refractivity contribution in [2.75, 3.05) is 6.61 Å². The number of amides is 2. The Hall–Kier alpha value is -2.77. The summed E-state index contributed by atoms with van der Waals surface area (Å²) in [6.07, 6.45) is -0.528. The van der Waals surface area contributed by atoms with Gasteiger partial charge in [0.15, 0.2) is 0 Å². The highest BCUT2D eigenvalue weighted by molar-refractivity contribution is 5.90. The number of phenolic OH excluding ortho intramolecular Hbond substituents is 1. The van der Waals surface area contributed by atoms with Crippen molar-refractivity contribution < 1.29 is 29.0 Å². The maximum atomic E-state index is 12.8. The molecular formula is C21H32N2O6. The van der Waals surface area contributed by atoms with Gasteiger partial charge in [0.05, 0.1) is 6.61 Å². The van der Waals surface area contributed by atoms with Crippen molar-refractivity contribution in [2.24, 2.45) is 5.92 Å². The molecule has 162 valence electrons. The number of carbonyl (C=O) groups excluding carboxylic acids is 3. The zero-order valence-corrected chi connectivity index (χ0v) is 17.9. The summed E-state index contributed by atoms with van der Waals surface area (Å²) in [4.78, 5) is 37.3. The Kier molecular flexibility index (Phi) is 8.94. The van der Waals surface area contributed by atoms with E-state index in [2.05, 4.69) is 10.6 Å². The van der Waals surface area contributed by atoms with Crippen molar-refractivity contribution in [1.29, 1.82) is 0 Å². The number of rotatable bonds is 8. The monoisotopic (exact) mass is 408 g/mol. The predicted octanol–water partition coefficient (Wildman–Crippen LogP) is 2.53. The Morgan fingerprint density at radius 1 is 1.07 bits per heavy atom. The van der Waals surface area contributed by atoms with Crippen LogP contribution < -0.4 is 10.6 Å². The first-order valence-corrected chi connectivity index (χ1v) is 9.67. The summed E-state index contributed by atoms with van der Waals surface area (Å²) in [6.45, 7) is 10.6. The molecule has 0 bridgehead atoms. The van der Waals surface area contributed by atoms with Gasteiger partial charge in [-0.3, -0.25) is 4.79 Å². The molecule has 0 aliphatic rings. The van der Waals surface area contributed by atoms with Crippen LogP contribution in [0, 0.1) is 5.92 Å². The fourth-order valence-electron chi connectivity index (χ4n) is 2.53. The van der Waals surface area contributed by atoms with E-state index >= 15 is 0 Å². The van der Waals surface area contributed by atoms with Gasteiger partial charge in [0.25, 0.3) is 0 Å². The lowest BCUT2D eigenvalue weighted by molar-refractivity contribution is -0.147. The average Bonchev–Trinajstić information content (AvgIpc) is 2.59. The molecule has 1 aromatic carbocycles. The zero-order valence-electron chi connectivity index (χ0n) is 17.9. The molecule has 8 nitrogen and oxygen atoms in total. The van der Waals surface area contributed by atoms with Crippen LogP contribution in [-0.4, -0.2) is 47.4 Å². The van der Waals surface area contributed by atoms with Crippen LogP contribution >= 0.6 is 0 Å². The highest BCUT2D eigenvalue weighted by Gasteiger charge is 2.31. The van der Waals surface area contributed by atoms with Crippen molar-refractivity contribution in [3.05, 3.63) is 29.8 Å². The van der Waals surface area contributed by atoms with Gasteiger partial charge in [-0.25, -0.2) is 9.59 Å². The van der Waals surface area contributed by atoms with Crippen molar-refractivity contribution in [3.8, 4) is 5.75 Å². The van der Waals surface area contributed by atoms with E-state index in [0.717, 1.165) is 5.56 Å². The summed E-state index contributed by atoms with van der Waals surface area (Å²) >= 11 is 0. The molecule has 0 saturated carbocycles. The molecular weight excluding hydrogens is 376 g/mol. The maximum Gasteiger partial charge on any atom is 0.408 e. The maximum absolute atomic E-state index is 12.8. The Morgan fingerprint density at radius 3 is 2.14 bits per heavy atom. The van der Waals surface area contributed by atoms with E-state index in [9.17, 15) is 19.5 Å². The van der Waals surface area contributed by atoms with Crippen LogP contribution in [0.15, 0.2) is 24.3 Å². The summed E-state index contributed by atoms with van der Waals surface area (Å²) in [5.74, 6) is -1.22. The van der Waals surface area contributed by atoms with Crippen LogP contribution in [0.3, 0.4) is 0 Å². The van der Waals surface area contributed by atoms with Gasteiger partial charge in [0, 0.05) is 6.42 Å². The molecule has 0 unspecified atom stereocenters. The fraction of sp³-hybridized carbons (Fsp3) is 0.571. The number of alkyl carbamates (subject to hydrolysis) is 1. The summed E-state index contributed by atoms with van der Waals surface area (Å²) < 4.78 is 10.3. The van der Waals surface area contributed by atoms with Crippen LogP contribution in [0.4, 0.5) is 4.79 Å². The summed E-state index contributed by atoms with van der Waals surface area (Å²) in [7, 11) is 0. The third kappa shape index (κ3) is 8.85. The molecule has 0 saturated heterocycles. The topological polar surface area (TPSA) is 114 Å². The van der Waals surface area contributed by atoms with Gasteiger partial charge in [0.1, 0.15) is 23.4 Å². The molecule has 3 N–H and O–H groups in total. The van der Waals surface area contributed by atoms with Gasteiger partial charge >= 0.3 is 12.1 Å². The lowest BCUT2D eigenvalue weighted by Gasteiger charge is -2.26. The van der Waals surface area contributed by atoms with E-state index in [1.165, 1.54) is 12.1 Å². The number of esters is 1. The first kappa shape index (κ1) is 24.3. The molecule has 0 heterocycles. The molecule has 0 spiro atoms. The second-order valence-electron chi connectivity index (χ2n) is 8.05. The Morgan fingerprint density at radius 2 is 1.66 bits per heavy atom. The molecule has 0 aliphatic carbocycles. The van der Waals surface area contributed by atoms with E-state index in [1.54, 1.807) is 53.7 Å². The second-order valence-corrected chi connectivity index (χ2v) is 8.05. The van der Waals surface area contributed by atoms with Crippen molar-refractivity contribution in [3.63, 3.8) is 0 Å². The summed E-state index contributed by atoms with van der Waals surface area (Å²) in [5.41, 5.74) is 0.0383. The van der Waals surface area contributed by atoms with Crippen LogP contribution in [0.1, 0.15) is 47.1 Å². The molecule has 2 amide bonds. The summed E-state index contributed by atoms with van der Waals surface area (Å²) in [6, 6.07) is 4.50. The molecule has 0 radical (unpaired) electrons. The van der Waals surface area contributed by atoms with Crippen LogP contribution in [0.25, 0.3) is 0 Å². The number of benzene rings is 1. The highest BCUT2D eigenvalue weighted by Crippen LogP contribution is 2.13. The molecule has 2 atom stereocenters. The van der Waals surface area contributed by atoms with E-state index in [1.807, 2.05) is 0 Å². The first-order chi connectivity index (χ1) is 13.4. The SMILES string of the molecule is CCOC(=O)[C@H](Cc1ccc(O)cc1)NC(=O)[C@@H](NC(=O)OC(C)(C)C)C(C)C. The number of hydrogen-bond acceptors (Lipinski definition) is 6. The lowest BCUT2D eigenvalue weighted by Crippen LogP contribution is -2.55. The predicted molar refractivity (Wildman–Crippen MR) is 108 cm³/mol. The fourth-order valence-corrected chi connectivity index (χ4v) is 2.53. The van der Waals surface area contributed by atoms with Crippen molar-refractivity contribution >= 4 is 18.0 Å². The minimum absolute atomic E-state index is 0.104. The molecule has 0 aromatic heterocycles. The smallest absolute Gasteiger partial charge is 0.408 e. The van der Waals surface area contributed by atoms with E-state index < -0.39 is 35.7 Å². The molecule has 29 heavy (non-hydrogen) atoms. The van der Waals surface area contributed by atoms with Crippen molar-refractivity contribution in [2.45, 2.75) is 65.6 Å². The Labute approximate surface area is 172 Å². The Balaban J connectivity index is 2.92.